The van der Waals surface area contributed by atoms with Gasteiger partial charge in [-0.3, -0.25) is 9.78 Å². The number of pyridine rings is 1. The molecule has 0 saturated heterocycles. The van der Waals surface area contributed by atoms with Crippen LogP contribution in [0.25, 0.3) is 0 Å². The first-order valence-corrected chi connectivity index (χ1v) is 6.64. The van der Waals surface area contributed by atoms with E-state index in [0.717, 1.165) is 11.4 Å². The van der Waals surface area contributed by atoms with Gasteiger partial charge in [0, 0.05) is 12.2 Å². The summed E-state index contributed by atoms with van der Waals surface area (Å²) in [4.78, 5) is 18.5. The molecule has 0 saturated carbocycles. The summed E-state index contributed by atoms with van der Waals surface area (Å²) in [5.41, 5.74) is 7.29. The quantitative estimate of drug-likeness (QED) is 0.905. The van der Waals surface area contributed by atoms with Crippen LogP contribution in [0.4, 0.5) is 0 Å². The highest BCUT2D eigenvalue weighted by Crippen LogP contribution is 2.12. The minimum Gasteiger partial charge on any atom is -0.455 e. The Kier molecular flexibility index (Phi) is 4.53. The molecule has 0 aliphatic heterocycles. The molecule has 106 valence electrons. The largest absolute Gasteiger partial charge is 0.455 e. The first-order valence-electron chi connectivity index (χ1n) is 6.64. The second kappa shape index (κ2) is 6.34. The zero-order valence-corrected chi connectivity index (χ0v) is 11.8. The van der Waals surface area contributed by atoms with Crippen LogP contribution in [0.2, 0.25) is 0 Å². The second-order valence-electron chi connectivity index (χ2n) is 4.56. The maximum Gasteiger partial charge on any atom is 0.289 e. The van der Waals surface area contributed by atoms with Crippen molar-refractivity contribution in [1.29, 1.82) is 0 Å². The van der Waals surface area contributed by atoms with Crippen LogP contribution in [0.5, 0.6) is 0 Å². The molecule has 0 aromatic carbocycles. The molecule has 0 atom stereocenters. The summed E-state index contributed by atoms with van der Waals surface area (Å²) < 4.78 is 5.40. The first kappa shape index (κ1) is 14.3. The van der Waals surface area contributed by atoms with Crippen molar-refractivity contribution in [3.63, 3.8) is 0 Å². The molecule has 0 aliphatic carbocycles. The molecule has 0 fully saturated rings. The van der Waals surface area contributed by atoms with Crippen LogP contribution in [0.1, 0.15) is 34.6 Å². The zero-order chi connectivity index (χ0) is 14.5. The van der Waals surface area contributed by atoms with Gasteiger partial charge in [-0.2, -0.15) is 0 Å². The van der Waals surface area contributed by atoms with E-state index in [0.29, 0.717) is 31.2 Å². The van der Waals surface area contributed by atoms with Gasteiger partial charge in [-0.1, -0.05) is 6.07 Å². The molecule has 2 rings (SSSR count). The molecule has 0 unspecified atom stereocenters. The van der Waals surface area contributed by atoms with Gasteiger partial charge in [-0.05, 0) is 38.1 Å². The lowest BCUT2D eigenvalue weighted by molar-refractivity contribution is 0.0716. The number of nitrogens with two attached hydrogens (primary N) is 1. The molecule has 1 amide bonds. The zero-order valence-electron chi connectivity index (χ0n) is 11.8. The molecule has 2 aromatic heterocycles. The molecule has 5 heteroatoms. The van der Waals surface area contributed by atoms with E-state index < -0.39 is 0 Å². The Bertz CT molecular complexity index is 592. The van der Waals surface area contributed by atoms with E-state index in [1.54, 1.807) is 17.0 Å². The van der Waals surface area contributed by atoms with Crippen molar-refractivity contribution in [2.45, 2.75) is 26.9 Å². The third kappa shape index (κ3) is 3.24. The van der Waals surface area contributed by atoms with Gasteiger partial charge < -0.3 is 15.1 Å². The molecular formula is C15H19N3O2. The van der Waals surface area contributed by atoms with Crippen molar-refractivity contribution in [3.05, 3.63) is 53.2 Å². The summed E-state index contributed by atoms with van der Waals surface area (Å²) in [5.74, 6) is 0.786. The SMILES string of the molecule is CCN(Cc1cccc(C)n1)C(=O)c1ccc(CN)o1. The maximum atomic E-state index is 12.4. The van der Waals surface area contributed by atoms with Crippen LogP contribution in [0.3, 0.4) is 0 Å². The standard InChI is InChI=1S/C15H19N3O2/c1-3-18(10-12-6-4-5-11(2)17-12)15(19)14-8-7-13(9-16)20-14/h4-8H,3,9-10,16H2,1-2H3. The van der Waals surface area contributed by atoms with Crippen molar-refractivity contribution < 1.29 is 9.21 Å². The molecule has 0 bridgehead atoms. The van der Waals surface area contributed by atoms with Crippen molar-refractivity contribution in [2.24, 2.45) is 5.73 Å². The second-order valence-corrected chi connectivity index (χ2v) is 4.56. The predicted octanol–water partition coefficient (Wildman–Crippen LogP) is 2.10. The maximum absolute atomic E-state index is 12.4. The highest BCUT2D eigenvalue weighted by Gasteiger charge is 2.18. The average Bonchev–Trinajstić information content (AvgIpc) is 2.93. The Balaban J connectivity index is 2.13. The molecule has 2 heterocycles. The van der Waals surface area contributed by atoms with Crippen LogP contribution in [-0.2, 0) is 13.1 Å². The highest BCUT2D eigenvalue weighted by molar-refractivity contribution is 5.91. The van der Waals surface area contributed by atoms with E-state index in [2.05, 4.69) is 4.98 Å². The fraction of sp³-hybridized carbons (Fsp3) is 0.333. The smallest absolute Gasteiger partial charge is 0.289 e. The number of carbonyl (C=O) groups is 1. The van der Waals surface area contributed by atoms with Gasteiger partial charge in [0.05, 0.1) is 18.8 Å². The number of furan rings is 1. The Labute approximate surface area is 118 Å². The fourth-order valence-electron chi connectivity index (χ4n) is 1.97. The van der Waals surface area contributed by atoms with Gasteiger partial charge in [0.15, 0.2) is 5.76 Å². The first-order chi connectivity index (χ1) is 9.63. The van der Waals surface area contributed by atoms with Gasteiger partial charge in [-0.25, -0.2) is 0 Å². The summed E-state index contributed by atoms with van der Waals surface area (Å²) in [6.45, 7) is 5.21. The third-order valence-electron chi connectivity index (χ3n) is 3.04. The van der Waals surface area contributed by atoms with Gasteiger partial charge in [-0.15, -0.1) is 0 Å². The van der Waals surface area contributed by atoms with Crippen LogP contribution in [-0.4, -0.2) is 22.3 Å². The number of carbonyl (C=O) groups excluding carboxylic acids is 1. The minimum atomic E-state index is -0.143. The van der Waals surface area contributed by atoms with Crippen molar-refractivity contribution in [1.82, 2.24) is 9.88 Å². The summed E-state index contributed by atoms with van der Waals surface area (Å²) in [5, 5.41) is 0. The molecule has 2 aromatic rings. The molecule has 5 nitrogen and oxygen atoms in total. The van der Waals surface area contributed by atoms with Crippen molar-refractivity contribution in [2.75, 3.05) is 6.54 Å². The van der Waals surface area contributed by atoms with Gasteiger partial charge >= 0.3 is 0 Å². The number of aryl methyl sites for hydroxylation is 1. The van der Waals surface area contributed by atoms with E-state index in [9.17, 15) is 4.79 Å². The number of nitrogens with zero attached hydrogens (tertiary/aromatic N) is 2. The number of aromatic nitrogens is 1. The highest BCUT2D eigenvalue weighted by atomic mass is 16.4. The van der Waals surface area contributed by atoms with E-state index in [1.165, 1.54) is 0 Å². The lowest BCUT2D eigenvalue weighted by atomic mass is 10.2. The van der Waals surface area contributed by atoms with Crippen molar-refractivity contribution in [3.8, 4) is 0 Å². The van der Waals surface area contributed by atoms with Crippen LogP contribution >= 0.6 is 0 Å². The summed E-state index contributed by atoms with van der Waals surface area (Å²) in [6, 6.07) is 9.18. The van der Waals surface area contributed by atoms with E-state index in [4.69, 9.17) is 10.2 Å². The molecule has 0 radical (unpaired) electrons. The summed E-state index contributed by atoms with van der Waals surface area (Å²) in [7, 11) is 0. The topological polar surface area (TPSA) is 72.4 Å². The molecule has 2 N–H and O–H groups in total. The Hall–Kier alpha value is -2.14. The normalized spacial score (nSPS) is 10.6. The van der Waals surface area contributed by atoms with Gasteiger partial charge in [0.1, 0.15) is 5.76 Å². The lowest BCUT2D eigenvalue weighted by Gasteiger charge is -2.19. The van der Waals surface area contributed by atoms with E-state index in [1.807, 2.05) is 32.0 Å². The molecule has 0 aliphatic rings. The number of hydrogen-bond donors (Lipinski definition) is 1. The van der Waals surface area contributed by atoms with Crippen LogP contribution in [0, 0.1) is 6.92 Å². The van der Waals surface area contributed by atoms with Gasteiger partial charge in [0.25, 0.3) is 5.91 Å². The molecule has 20 heavy (non-hydrogen) atoms. The fourth-order valence-corrected chi connectivity index (χ4v) is 1.97. The van der Waals surface area contributed by atoms with Crippen LogP contribution in [0.15, 0.2) is 34.7 Å². The van der Waals surface area contributed by atoms with Crippen molar-refractivity contribution >= 4 is 5.91 Å². The Morgan fingerprint density at radius 3 is 2.75 bits per heavy atom. The Morgan fingerprint density at radius 2 is 2.15 bits per heavy atom. The van der Waals surface area contributed by atoms with E-state index in [-0.39, 0.29) is 5.91 Å². The molecular weight excluding hydrogens is 254 g/mol. The summed E-state index contributed by atoms with van der Waals surface area (Å²) >= 11 is 0. The average molecular weight is 273 g/mol. The summed E-state index contributed by atoms with van der Waals surface area (Å²) in [6.07, 6.45) is 0. The predicted molar refractivity (Wildman–Crippen MR) is 76.0 cm³/mol. The molecule has 0 spiro atoms. The third-order valence-corrected chi connectivity index (χ3v) is 3.04. The van der Waals surface area contributed by atoms with E-state index >= 15 is 0 Å². The monoisotopic (exact) mass is 273 g/mol. The Morgan fingerprint density at radius 1 is 1.35 bits per heavy atom. The number of rotatable bonds is 5. The minimum absolute atomic E-state index is 0.143. The van der Waals surface area contributed by atoms with Crippen LogP contribution < -0.4 is 5.73 Å². The lowest BCUT2D eigenvalue weighted by Crippen LogP contribution is -2.30. The van der Waals surface area contributed by atoms with Gasteiger partial charge in [0.2, 0.25) is 0 Å². The number of amides is 1. The number of hydrogen-bond acceptors (Lipinski definition) is 4.